The molecular weight excluding hydrogens is 405 g/mol. The molecule has 30 heavy (non-hydrogen) atoms. The van der Waals surface area contributed by atoms with Crippen LogP contribution in [0.4, 0.5) is 27.5 Å². The molecule has 0 amide bonds. The van der Waals surface area contributed by atoms with E-state index in [2.05, 4.69) is 26.5 Å². The maximum absolute atomic E-state index is 14.2. The highest BCUT2D eigenvalue weighted by Crippen LogP contribution is 2.23. The normalized spacial score (nSPS) is 11.0. The lowest BCUT2D eigenvalue weighted by Gasteiger charge is -2.11. The lowest BCUT2D eigenvalue weighted by atomic mass is 10.1. The van der Waals surface area contributed by atoms with Crippen molar-refractivity contribution in [1.29, 1.82) is 0 Å². The third-order valence-electron chi connectivity index (χ3n) is 4.27. The number of terminal acetylenes is 1. The van der Waals surface area contributed by atoms with Gasteiger partial charge in [-0.3, -0.25) is 0 Å². The summed E-state index contributed by atoms with van der Waals surface area (Å²) in [6.07, 6.45) is 7.71. The van der Waals surface area contributed by atoms with Crippen LogP contribution in [-0.2, 0) is 16.4 Å². The largest absolute Gasteiger partial charge is 0.338 e. The van der Waals surface area contributed by atoms with Crippen LogP contribution < -0.4 is 15.8 Å². The van der Waals surface area contributed by atoms with E-state index in [1.54, 1.807) is 31.2 Å². The van der Waals surface area contributed by atoms with E-state index in [1.165, 1.54) is 6.07 Å². The number of benzene rings is 2. The number of sulfonamides is 1. The van der Waals surface area contributed by atoms with E-state index in [-0.39, 0.29) is 16.7 Å². The molecule has 9 heteroatoms. The Balaban J connectivity index is 1.80. The fourth-order valence-electron chi connectivity index (χ4n) is 2.74. The highest BCUT2D eigenvalue weighted by atomic mass is 32.2. The Kier molecular flexibility index (Phi) is 6.30. The van der Waals surface area contributed by atoms with Crippen LogP contribution in [0.3, 0.4) is 0 Å². The third-order valence-corrected chi connectivity index (χ3v) is 5.32. The Hall–Kier alpha value is -3.48. The lowest BCUT2D eigenvalue weighted by molar-refractivity contribution is 0.597. The van der Waals surface area contributed by atoms with E-state index in [0.29, 0.717) is 23.4 Å². The average Bonchev–Trinajstić information content (AvgIpc) is 2.70. The van der Waals surface area contributed by atoms with Crippen LogP contribution in [0.25, 0.3) is 0 Å². The highest BCUT2D eigenvalue weighted by molar-refractivity contribution is 7.89. The topological polar surface area (TPSA) is 110 Å². The summed E-state index contributed by atoms with van der Waals surface area (Å²) in [5, 5.41) is 11.0. The summed E-state index contributed by atoms with van der Waals surface area (Å²) in [5.41, 5.74) is 2.64. The first-order chi connectivity index (χ1) is 14.3. The predicted octanol–water partition coefficient (Wildman–Crippen LogP) is 3.62. The van der Waals surface area contributed by atoms with E-state index in [9.17, 15) is 12.8 Å². The number of aryl methyl sites for hydroxylation is 2. The molecule has 0 radical (unpaired) electrons. The number of nitrogens with two attached hydrogens (primary N) is 1. The summed E-state index contributed by atoms with van der Waals surface area (Å²) < 4.78 is 37.6. The molecule has 0 saturated heterocycles. The summed E-state index contributed by atoms with van der Waals surface area (Å²) in [7, 11) is -3.88. The van der Waals surface area contributed by atoms with Crippen molar-refractivity contribution < 1.29 is 12.8 Å². The Morgan fingerprint density at radius 2 is 1.83 bits per heavy atom. The Morgan fingerprint density at radius 1 is 1.13 bits per heavy atom. The van der Waals surface area contributed by atoms with Gasteiger partial charge >= 0.3 is 0 Å². The number of aromatic nitrogens is 2. The molecule has 0 fully saturated rings. The van der Waals surface area contributed by atoms with E-state index in [0.717, 1.165) is 18.2 Å². The maximum atomic E-state index is 14.2. The van der Waals surface area contributed by atoms with Gasteiger partial charge in [0.1, 0.15) is 0 Å². The summed E-state index contributed by atoms with van der Waals surface area (Å²) in [5.74, 6) is 2.02. The van der Waals surface area contributed by atoms with Gasteiger partial charge in [-0.1, -0.05) is 18.2 Å². The molecule has 7 nitrogen and oxygen atoms in total. The highest BCUT2D eigenvalue weighted by Gasteiger charge is 2.13. The van der Waals surface area contributed by atoms with Crippen molar-refractivity contribution in [3.63, 3.8) is 0 Å². The number of hydrogen-bond donors (Lipinski definition) is 3. The summed E-state index contributed by atoms with van der Waals surface area (Å²) >= 11 is 0. The van der Waals surface area contributed by atoms with Gasteiger partial charge in [0.25, 0.3) is 0 Å². The standard InChI is InChI=1S/C21H20FN5O2S/c1-3-4-5-15-7-10-16(11-8-15)25-20-18(22)13-24-21(27-20)26-17-9-6-14(2)19(12-17)30(23,28)29/h1,6-13H,4-5H2,2H3,(H2,23,28,29)(H2,24,25,26,27). The van der Waals surface area contributed by atoms with Crippen molar-refractivity contribution in [2.75, 3.05) is 10.6 Å². The molecule has 154 valence electrons. The predicted molar refractivity (Wildman–Crippen MR) is 115 cm³/mol. The molecule has 1 aromatic heterocycles. The van der Waals surface area contributed by atoms with Crippen molar-refractivity contribution in [3.05, 3.63) is 65.6 Å². The molecule has 0 unspecified atom stereocenters. The van der Waals surface area contributed by atoms with Crippen LogP contribution in [-0.4, -0.2) is 18.4 Å². The second-order valence-electron chi connectivity index (χ2n) is 6.57. The van der Waals surface area contributed by atoms with Gasteiger partial charge in [-0.2, -0.15) is 4.98 Å². The molecule has 3 aromatic rings. The van der Waals surface area contributed by atoms with E-state index >= 15 is 0 Å². The zero-order valence-corrected chi connectivity index (χ0v) is 17.0. The summed E-state index contributed by atoms with van der Waals surface area (Å²) in [6.45, 7) is 1.64. The van der Waals surface area contributed by atoms with Gasteiger partial charge in [-0.15, -0.1) is 12.3 Å². The van der Waals surface area contributed by atoms with Crippen LogP contribution in [0.1, 0.15) is 17.5 Å². The molecule has 0 atom stereocenters. The zero-order valence-electron chi connectivity index (χ0n) is 16.2. The molecule has 1 heterocycles. The minimum atomic E-state index is -3.88. The second kappa shape index (κ2) is 8.90. The zero-order chi connectivity index (χ0) is 21.7. The van der Waals surface area contributed by atoms with Gasteiger partial charge in [0.2, 0.25) is 16.0 Å². The molecular formula is C21H20FN5O2S. The van der Waals surface area contributed by atoms with Gasteiger partial charge in [-0.05, 0) is 48.7 Å². The quantitative estimate of drug-likeness (QED) is 0.499. The number of nitrogens with one attached hydrogen (secondary N) is 2. The molecule has 0 spiro atoms. The number of rotatable bonds is 7. The van der Waals surface area contributed by atoms with Crippen molar-refractivity contribution in [3.8, 4) is 12.3 Å². The number of nitrogens with zero attached hydrogens (tertiary/aromatic N) is 2. The van der Waals surface area contributed by atoms with Gasteiger partial charge in [0, 0.05) is 17.8 Å². The first-order valence-corrected chi connectivity index (χ1v) is 10.5. The van der Waals surface area contributed by atoms with Gasteiger partial charge in [0.15, 0.2) is 11.6 Å². The molecule has 2 aromatic carbocycles. The van der Waals surface area contributed by atoms with Crippen molar-refractivity contribution in [1.82, 2.24) is 9.97 Å². The molecule has 3 rings (SSSR count). The molecule has 4 N–H and O–H groups in total. The van der Waals surface area contributed by atoms with Crippen LogP contribution >= 0.6 is 0 Å². The minimum absolute atomic E-state index is 0.0158. The van der Waals surface area contributed by atoms with Crippen LogP contribution in [0.15, 0.2) is 53.6 Å². The molecule has 0 aliphatic carbocycles. The van der Waals surface area contributed by atoms with Gasteiger partial charge in [-0.25, -0.2) is 22.9 Å². The first-order valence-electron chi connectivity index (χ1n) is 8.99. The van der Waals surface area contributed by atoms with E-state index < -0.39 is 15.8 Å². The smallest absolute Gasteiger partial charge is 0.238 e. The van der Waals surface area contributed by atoms with E-state index in [4.69, 9.17) is 11.6 Å². The average molecular weight is 425 g/mol. The van der Waals surface area contributed by atoms with Crippen molar-refractivity contribution >= 4 is 33.2 Å². The minimum Gasteiger partial charge on any atom is -0.338 e. The SMILES string of the molecule is C#CCCc1ccc(Nc2nc(Nc3ccc(C)c(S(N)(=O)=O)c3)ncc2F)cc1. The maximum Gasteiger partial charge on any atom is 0.238 e. The van der Waals surface area contributed by atoms with Crippen LogP contribution in [0.5, 0.6) is 0 Å². The first kappa shape index (κ1) is 21.2. The van der Waals surface area contributed by atoms with Crippen LogP contribution in [0, 0.1) is 25.1 Å². The van der Waals surface area contributed by atoms with Crippen LogP contribution in [0.2, 0.25) is 0 Å². The third kappa shape index (κ3) is 5.31. The van der Waals surface area contributed by atoms with Gasteiger partial charge < -0.3 is 10.6 Å². The molecule has 0 aliphatic rings. The second-order valence-corrected chi connectivity index (χ2v) is 8.10. The number of hydrogen-bond acceptors (Lipinski definition) is 6. The monoisotopic (exact) mass is 425 g/mol. The molecule has 0 aliphatic heterocycles. The summed E-state index contributed by atoms with van der Waals surface area (Å²) in [6, 6.07) is 12.0. The van der Waals surface area contributed by atoms with Gasteiger partial charge in [0.05, 0.1) is 11.1 Å². The Bertz CT molecular complexity index is 1210. The number of anilines is 4. The Morgan fingerprint density at radius 3 is 2.50 bits per heavy atom. The molecule has 0 saturated carbocycles. The van der Waals surface area contributed by atoms with Crippen molar-refractivity contribution in [2.45, 2.75) is 24.7 Å². The summed E-state index contributed by atoms with van der Waals surface area (Å²) in [4.78, 5) is 8.02. The van der Waals surface area contributed by atoms with E-state index in [1.807, 2.05) is 12.1 Å². The fourth-order valence-corrected chi connectivity index (χ4v) is 3.54. The number of primary sulfonamides is 1. The fraction of sp³-hybridized carbons (Fsp3) is 0.143. The number of halogens is 1. The van der Waals surface area contributed by atoms with Crippen molar-refractivity contribution in [2.24, 2.45) is 5.14 Å². The lowest BCUT2D eigenvalue weighted by Crippen LogP contribution is -2.14. The Labute approximate surface area is 174 Å². The molecule has 0 bridgehead atoms.